The van der Waals surface area contributed by atoms with E-state index in [1.807, 2.05) is 22.4 Å². The molecule has 132 valence electrons. The molecule has 1 atom stereocenters. The van der Waals surface area contributed by atoms with E-state index in [2.05, 4.69) is 18.1 Å². The normalized spacial score (nSPS) is 12.5. The molecule has 3 aromatic rings. The van der Waals surface area contributed by atoms with E-state index in [-0.39, 0.29) is 5.82 Å². The van der Waals surface area contributed by atoms with Crippen LogP contribution in [-0.2, 0) is 20.3 Å². The zero-order valence-corrected chi connectivity index (χ0v) is 16.4. The van der Waals surface area contributed by atoms with Crippen molar-refractivity contribution in [1.82, 2.24) is 14.3 Å². The van der Waals surface area contributed by atoms with Gasteiger partial charge in [0, 0.05) is 12.6 Å². The van der Waals surface area contributed by atoms with Crippen molar-refractivity contribution in [3.63, 3.8) is 0 Å². The van der Waals surface area contributed by atoms with Crippen LogP contribution in [0.15, 0.2) is 36.4 Å². The van der Waals surface area contributed by atoms with Gasteiger partial charge in [-0.2, -0.15) is 4.68 Å². The van der Waals surface area contributed by atoms with E-state index in [4.69, 9.17) is 23.8 Å². The smallest absolute Gasteiger partial charge is 0.202 e. The van der Waals surface area contributed by atoms with Crippen LogP contribution in [0.1, 0.15) is 11.8 Å². The summed E-state index contributed by atoms with van der Waals surface area (Å²) < 4.78 is 18.3. The van der Waals surface area contributed by atoms with Crippen molar-refractivity contribution in [1.29, 1.82) is 0 Å². The minimum Gasteiger partial charge on any atom is -0.312 e. The van der Waals surface area contributed by atoms with Crippen molar-refractivity contribution in [2.75, 3.05) is 6.54 Å². The Morgan fingerprint density at radius 3 is 2.56 bits per heavy atom. The molecular weight excluding hydrogens is 379 g/mol. The summed E-state index contributed by atoms with van der Waals surface area (Å²) in [6.45, 7) is 4.62. The standard InChI is InChI=1S/C17H18ClFN4S2/c1-3-22(10-14-8-9-15(18)25-14)11-23-17(24)21(2)16(20-23)12-4-6-13(19)7-5-12/h4-9H,3,10-11H2,1-2H3/p+1. The lowest BCUT2D eigenvalue weighted by Crippen LogP contribution is -3.09. The van der Waals surface area contributed by atoms with Crippen LogP contribution >= 0.6 is 35.2 Å². The Hall–Kier alpha value is -1.54. The monoisotopic (exact) mass is 397 g/mol. The molecule has 0 radical (unpaired) electrons. The lowest BCUT2D eigenvalue weighted by atomic mass is 10.2. The van der Waals surface area contributed by atoms with E-state index < -0.39 is 0 Å². The summed E-state index contributed by atoms with van der Waals surface area (Å²) in [6, 6.07) is 10.3. The molecule has 25 heavy (non-hydrogen) atoms. The lowest BCUT2D eigenvalue weighted by molar-refractivity contribution is -0.935. The number of aromatic nitrogens is 3. The van der Waals surface area contributed by atoms with Gasteiger partial charge in [0.2, 0.25) is 4.77 Å². The summed E-state index contributed by atoms with van der Waals surface area (Å²) >= 11 is 13.2. The number of nitrogens with one attached hydrogen (secondary N) is 1. The van der Waals surface area contributed by atoms with Crippen molar-refractivity contribution in [2.45, 2.75) is 20.1 Å². The maximum Gasteiger partial charge on any atom is 0.202 e. The first-order valence-electron chi connectivity index (χ1n) is 7.95. The Labute approximate surface area is 160 Å². The molecule has 0 aliphatic rings. The van der Waals surface area contributed by atoms with Gasteiger partial charge in [-0.05, 0) is 55.5 Å². The maximum absolute atomic E-state index is 13.1. The summed E-state index contributed by atoms with van der Waals surface area (Å²) in [5.74, 6) is 0.472. The van der Waals surface area contributed by atoms with E-state index >= 15 is 0 Å². The Balaban J connectivity index is 1.83. The predicted molar refractivity (Wildman–Crippen MR) is 102 cm³/mol. The summed E-state index contributed by atoms with van der Waals surface area (Å²) in [5, 5.41) is 4.65. The third kappa shape index (κ3) is 4.17. The molecular formula is C17H19ClFN4S2+. The van der Waals surface area contributed by atoms with E-state index in [0.29, 0.717) is 11.4 Å². The van der Waals surface area contributed by atoms with Crippen LogP contribution in [0.25, 0.3) is 11.4 Å². The molecule has 8 heteroatoms. The van der Waals surface area contributed by atoms with Gasteiger partial charge in [-0.3, -0.25) is 0 Å². The van der Waals surface area contributed by atoms with Gasteiger partial charge in [0.15, 0.2) is 12.5 Å². The maximum atomic E-state index is 13.1. The molecule has 0 aliphatic heterocycles. The van der Waals surface area contributed by atoms with Gasteiger partial charge < -0.3 is 9.47 Å². The molecule has 1 unspecified atom stereocenters. The zero-order chi connectivity index (χ0) is 18.0. The first-order valence-corrected chi connectivity index (χ1v) is 9.55. The second-order valence-corrected chi connectivity index (χ2v) is 7.98. The van der Waals surface area contributed by atoms with E-state index in [0.717, 1.165) is 28.8 Å². The van der Waals surface area contributed by atoms with Crippen molar-refractivity contribution in [3.05, 3.63) is 56.2 Å². The van der Waals surface area contributed by atoms with Crippen LogP contribution in [-0.4, -0.2) is 20.9 Å². The first-order chi connectivity index (χ1) is 12.0. The number of hydrogen-bond acceptors (Lipinski definition) is 3. The van der Waals surface area contributed by atoms with Crippen LogP contribution in [0.5, 0.6) is 0 Å². The fourth-order valence-corrected chi connectivity index (χ4v) is 3.99. The Kier molecular flexibility index (Phi) is 5.68. The Morgan fingerprint density at radius 2 is 1.96 bits per heavy atom. The van der Waals surface area contributed by atoms with Gasteiger partial charge in [0.25, 0.3) is 0 Å². The fraction of sp³-hybridized carbons (Fsp3) is 0.294. The minimum atomic E-state index is -0.263. The van der Waals surface area contributed by atoms with Gasteiger partial charge in [-0.15, -0.1) is 16.4 Å². The highest BCUT2D eigenvalue weighted by atomic mass is 35.5. The molecule has 0 fully saturated rings. The Morgan fingerprint density at radius 1 is 1.24 bits per heavy atom. The molecule has 2 heterocycles. The number of quaternary nitrogens is 1. The number of hydrogen-bond donors (Lipinski definition) is 1. The molecule has 0 saturated heterocycles. The molecule has 1 N–H and O–H groups in total. The quantitative estimate of drug-likeness (QED) is 0.644. The van der Waals surface area contributed by atoms with Gasteiger partial charge in [-0.1, -0.05) is 11.6 Å². The van der Waals surface area contributed by atoms with Crippen molar-refractivity contribution in [2.24, 2.45) is 7.05 Å². The van der Waals surface area contributed by atoms with Gasteiger partial charge in [0.05, 0.1) is 15.8 Å². The average molecular weight is 398 g/mol. The minimum absolute atomic E-state index is 0.263. The SMILES string of the molecule is CC[NH+](Cc1ccc(Cl)s1)Cn1nc(-c2ccc(F)cc2)n(C)c1=S. The van der Waals surface area contributed by atoms with Crippen LogP contribution in [0, 0.1) is 10.6 Å². The highest BCUT2D eigenvalue weighted by Crippen LogP contribution is 2.20. The topological polar surface area (TPSA) is 27.2 Å². The number of rotatable bonds is 6. The molecule has 1 aromatic carbocycles. The van der Waals surface area contributed by atoms with Crippen molar-refractivity contribution in [3.8, 4) is 11.4 Å². The molecule has 0 bridgehead atoms. The number of halogens is 2. The highest BCUT2D eigenvalue weighted by molar-refractivity contribution is 7.71. The zero-order valence-electron chi connectivity index (χ0n) is 14.0. The second-order valence-electron chi connectivity index (χ2n) is 5.82. The number of nitrogens with zero attached hydrogens (tertiary/aromatic N) is 3. The van der Waals surface area contributed by atoms with Gasteiger partial charge in [-0.25, -0.2) is 4.39 Å². The van der Waals surface area contributed by atoms with Gasteiger partial charge in [0.1, 0.15) is 12.4 Å². The van der Waals surface area contributed by atoms with Crippen LogP contribution in [0.2, 0.25) is 4.34 Å². The lowest BCUT2D eigenvalue weighted by Gasteiger charge is -2.16. The summed E-state index contributed by atoms with van der Waals surface area (Å²) in [5.41, 5.74) is 0.844. The average Bonchev–Trinajstić information content (AvgIpc) is 3.13. The summed E-state index contributed by atoms with van der Waals surface area (Å²) in [7, 11) is 1.88. The van der Waals surface area contributed by atoms with E-state index in [1.54, 1.807) is 23.5 Å². The molecule has 0 aliphatic carbocycles. The first kappa shape index (κ1) is 18.3. The second kappa shape index (κ2) is 7.78. The molecule has 0 amide bonds. The molecule has 0 spiro atoms. The predicted octanol–water partition coefficient (Wildman–Crippen LogP) is 3.53. The largest absolute Gasteiger partial charge is 0.312 e. The fourth-order valence-electron chi connectivity index (χ4n) is 2.64. The molecule has 0 saturated carbocycles. The molecule has 4 nitrogen and oxygen atoms in total. The summed E-state index contributed by atoms with van der Waals surface area (Å²) in [6.07, 6.45) is 0. The highest BCUT2D eigenvalue weighted by Gasteiger charge is 2.15. The van der Waals surface area contributed by atoms with E-state index in [1.165, 1.54) is 21.9 Å². The van der Waals surface area contributed by atoms with Gasteiger partial charge >= 0.3 is 0 Å². The van der Waals surface area contributed by atoms with Crippen LogP contribution < -0.4 is 4.90 Å². The third-order valence-electron chi connectivity index (χ3n) is 4.07. The summed E-state index contributed by atoms with van der Waals surface area (Å²) in [4.78, 5) is 2.57. The van der Waals surface area contributed by atoms with Crippen LogP contribution in [0.3, 0.4) is 0 Å². The Bertz CT molecular complexity index is 914. The molecule has 3 rings (SSSR count). The van der Waals surface area contributed by atoms with Crippen molar-refractivity contribution >= 4 is 35.2 Å². The van der Waals surface area contributed by atoms with Crippen LogP contribution in [0.4, 0.5) is 4.39 Å². The number of benzene rings is 1. The number of thiophene rings is 1. The van der Waals surface area contributed by atoms with Crippen molar-refractivity contribution < 1.29 is 9.29 Å². The third-order valence-corrected chi connectivity index (χ3v) is 5.79. The van der Waals surface area contributed by atoms with E-state index in [9.17, 15) is 4.39 Å². The molecule has 2 aromatic heterocycles.